The third-order valence-corrected chi connectivity index (χ3v) is 3.38. The molecule has 0 unspecified atom stereocenters. The summed E-state index contributed by atoms with van der Waals surface area (Å²) in [5, 5.41) is 0. The zero-order valence-electron chi connectivity index (χ0n) is 11.5. The van der Waals surface area contributed by atoms with Crippen molar-refractivity contribution in [2.45, 2.75) is 33.2 Å². The molecule has 1 aromatic carbocycles. The van der Waals surface area contributed by atoms with Crippen LogP contribution in [-0.2, 0) is 0 Å². The number of hydrogen-bond acceptors (Lipinski definition) is 1. The molecule has 0 heterocycles. The molecule has 0 bridgehead atoms. The van der Waals surface area contributed by atoms with Crippen molar-refractivity contribution in [3.05, 3.63) is 46.5 Å². The van der Waals surface area contributed by atoms with Crippen LogP contribution in [0.1, 0.15) is 36.7 Å². The van der Waals surface area contributed by atoms with Gasteiger partial charge in [0.25, 0.3) is 5.91 Å². The lowest BCUT2D eigenvalue weighted by Crippen LogP contribution is -2.45. The zero-order chi connectivity index (χ0) is 13.9. The van der Waals surface area contributed by atoms with Crippen LogP contribution >= 0.6 is 15.9 Å². The summed E-state index contributed by atoms with van der Waals surface area (Å²) in [5.74, 6) is 0.0225. The number of benzene rings is 1. The number of rotatable bonds is 3. The topological polar surface area (TPSA) is 20.3 Å². The average Bonchev–Trinajstić information content (AvgIpc) is 2.23. The van der Waals surface area contributed by atoms with Crippen LogP contribution in [0.25, 0.3) is 0 Å². The van der Waals surface area contributed by atoms with Crippen molar-refractivity contribution in [3.8, 4) is 0 Å². The van der Waals surface area contributed by atoms with Gasteiger partial charge in [0.15, 0.2) is 0 Å². The van der Waals surface area contributed by atoms with E-state index in [1.807, 2.05) is 50.8 Å². The molecule has 1 rings (SSSR count). The van der Waals surface area contributed by atoms with Gasteiger partial charge in [-0.25, -0.2) is 0 Å². The fourth-order valence-corrected chi connectivity index (χ4v) is 2.39. The minimum atomic E-state index is -0.227. The number of halogens is 1. The van der Waals surface area contributed by atoms with Crippen molar-refractivity contribution >= 4 is 21.8 Å². The van der Waals surface area contributed by atoms with Crippen molar-refractivity contribution in [1.29, 1.82) is 0 Å². The second-order valence-electron chi connectivity index (χ2n) is 5.36. The Labute approximate surface area is 118 Å². The maximum atomic E-state index is 12.6. The molecule has 1 aromatic rings. The maximum Gasteiger partial charge on any atom is 0.255 e. The highest BCUT2D eigenvalue weighted by Gasteiger charge is 2.27. The van der Waals surface area contributed by atoms with Crippen LogP contribution in [0.2, 0.25) is 0 Å². The third-order valence-electron chi connectivity index (χ3n) is 2.72. The van der Waals surface area contributed by atoms with Crippen molar-refractivity contribution < 1.29 is 4.79 Å². The molecule has 0 atom stereocenters. The highest BCUT2D eigenvalue weighted by Crippen LogP contribution is 2.23. The Morgan fingerprint density at radius 3 is 2.50 bits per heavy atom. The number of hydrogen-bond donors (Lipinski definition) is 0. The molecule has 0 saturated heterocycles. The first-order valence-electron chi connectivity index (χ1n) is 5.96. The Morgan fingerprint density at radius 2 is 2.06 bits per heavy atom. The second kappa shape index (κ2) is 5.70. The molecule has 0 spiro atoms. The third kappa shape index (κ3) is 3.45. The summed E-state index contributed by atoms with van der Waals surface area (Å²) in [5.41, 5.74) is 1.59. The van der Waals surface area contributed by atoms with Crippen LogP contribution < -0.4 is 0 Å². The number of nitrogens with zero attached hydrogens (tertiary/aromatic N) is 1. The summed E-state index contributed by atoms with van der Waals surface area (Å²) >= 11 is 3.46. The van der Waals surface area contributed by atoms with E-state index in [4.69, 9.17) is 0 Å². The standard InChI is InChI=1S/C15H20BrNO/c1-6-9-17(15(3,4)5)14(18)12-8-7-11(2)10-13(12)16/h6-8,10H,1,9H2,2-5H3. The van der Waals surface area contributed by atoms with Crippen LogP contribution in [0, 0.1) is 6.92 Å². The fourth-order valence-electron chi connectivity index (χ4n) is 1.73. The second-order valence-corrected chi connectivity index (χ2v) is 6.21. The number of carbonyl (C=O) groups is 1. The average molecular weight is 310 g/mol. The lowest BCUT2D eigenvalue weighted by Gasteiger charge is -2.35. The molecule has 0 aliphatic carbocycles. The molecule has 0 aromatic heterocycles. The summed E-state index contributed by atoms with van der Waals surface area (Å²) in [4.78, 5) is 14.4. The first-order chi connectivity index (χ1) is 8.27. The molecule has 0 aliphatic rings. The van der Waals surface area contributed by atoms with E-state index in [1.54, 1.807) is 6.08 Å². The van der Waals surface area contributed by atoms with Gasteiger partial charge >= 0.3 is 0 Å². The van der Waals surface area contributed by atoms with Crippen LogP contribution in [0.15, 0.2) is 35.3 Å². The van der Waals surface area contributed by atoms with Gasteiger partial charge in [0.2, 0.25) is 0 Å². The van der Waals surface area contributed by atoms with Crippen LogP contribution in [0.4, 0.5) is 0 Å². The summed E-state index contributed by atoms with van der Waals surface area (Å²) in [6.07, 6.45) is 1.76. The van der Waals surface area contributed by atoms with E-state index >= 15 is 0 Å². The van der Waals surface area contributed by atoms with Crippen LogP contribution in [0.5, 0.6) is 0 Å². The van der Waals surface area contributed by atoms with Crippen molar-refractivity contribution in [2.24, 2.45) is 0 Å². The SMILES string of the molecule is C=CCN(C(=O)c1ccc(C)cc1Br)C(C)(C)C. The van der Waals surface area contributed by atoms with Crippen LogP contribution in [0.3, 0.4) is 0 Å². The Kier molecular flexibility index (Phi) is 4.74. The lowest BCUT2D eigenvalue weighted by molar-refractivity contribution is 0.0615. The number of amides is 1. The number of carbonyl (C=O) groups excluding carboxylic acids is 1. The van der Waals surface area contributed by atoms with E-state index in [9.17, 15) is 4.79 Å². The molecular weight excluding hydrogens is 290 g/mol. The molecule has 1 amide bonds. The van der Waals surface area contributed by atoms with E-state index in [0.29, 0.717) is 12.1 Å². The van der Waals surface area contributed by atoms with E-state index in [1.165, 1.54) is 0 Å². The predicted molar refractivity (Wildman–Crippen MR) is 79.9 cm³/mol. The monoisotopic (exact) mass is 309 g/mol. The summed E-state index contributed by atoms with van der Waals surface area (Å²) < 4.78 is 0.839. The van der Waals surface area contributed by atoms with Gasteiger partial charge in [-0.1, -0.05) is 12.1 Å². The Balaban J connectivity index is 3.14. The predicted octanol–water partition coefficient (Wildman–Crippen LogP) is 4.18. The molecule has 3 heteroatoms. The van der Waals surface area contributed by atoms with Gasteiger partial charge in [0, 0.05) is 16.6 Å². The minimum Gasteiger partial charge on any atom is -0.330 e. The molecule has 18 heavy (non-hydrogen) atoms. The van der Waals surface area contributed by atoms with Crippen molar-refractivity contribution in [2.75, 3.05) is 6.54 Å². The van der Waals surface area contributed by atoms with Gasteiger partial charge in [-0.3, -0.25) is 4.79 Å². The highest BCUT2D eigenvalue weighted by atomic mass is 79.9. The van der Waals surface area contributed by atoms with Gasteiger partial charge in [-0.15, -0.1) is 6.58 Å². The normalized spacial score (nSPS) is 11.2. The quantitative estimate of drug-likeness (QED) is 0.767. The highest BCUT2D eigenvalue weighted by molar-refractivity contribution is 9.10. The summed E-state index contributed by atoms with van der Waals surface area (Å²) in [6.45, 7) is 12.3. The van der Waals surface area contributed by atoms with Crippen molar-refractivity contribution in [3.63, 3.8) is 0 Å². The van der Waals surface area contributed by atoms with E-state index in [2.05, 4.69) is 22.5 Å². The van der Waals surface area contributed by atoms with Gasteiger partial charge in [-0.05, 0) is 61.3 Å². The molecule has 0 fully saturated rings. The first kappa shape index (κ1) is 15.0. The van der Waals surface area contributed by atoms with Gasteiger partial charge in [0.1, 0.15) is 0 Å². The van der Waals surface area contributed by atoms with E-state index in [0.717, 1.165) is 10.0 Å². The zero-order valence-corrected chi connectivity index (χ0v) is 13.0. The molecule has 98 valence electrons. The van der Waals surface area contributed by atoms with E-state index < -0.39 is 0 Å². The maximum absolute atomic E-state index is 12.6. The molecule has 2 nitrogen and oxygen atoms in total. The molecule has 0 N–H and O–H groups in total. The largest absolute Gasteiger partial charge is 0.330 e. The molecule has 0 aliphatic heterocycles. The molecule has 0 saturated carbocycles. The summed E-state index contributed by atoms with van der Waals surface area (Å²) in [7, 11) is 0. The first-order valence-corrected chi connectivity index (χ1v) is 6.75. The molecule has 0 radical (unpaired) electrons. The Morgan fingerprint density at radius 1 is 1.44 bits per heavy atom. The van der Waals surface area contributed by atoms with Gasteiger partial charge < -0.3 is 4.90 Å². The van der Waals surface area contributed by atoms with E-state index in [-0.39, 0.29) is 11.4 Å². The van der Waals surface area contributed by atoms with Crippen molar-refractivity contribution in [1.82, 2.24) is 4.90 Å². The summed E-state index contributed by atoms with van der Waals surface area (Å²) in [6, 6.07) is 5.78. The smallest absolute Gasteiger partial charge is 0.255 e. The Bertz CT molecular complexity index is 460. The Hall–Kier alpha value is -1.09. The number of aryl methyl sites for hydroxylation is 1. The molecular formula is C15H20BrNO. The fraction of sp³-hybridized carbons (Fsp3) is 0.400. The minimum absolute atomic E-state index is 0.0225. The van der Waals surface area contributed by atoms with Gasteiger partial charge in [-0.2, -0.15) is 0 Å². The van der Waals surface area contributed by atoms with Gasteiger partial charge in [0.05, 0.1) is 5.56 Å². The lowest BCUT2D eigenvalue weighted by atomic mass is 10.0. The van der Waals surface area contributed by atoms with Crippen LogP contribution in [-0.4, -0.2) is 22.9 Å².